The van der Waals surface area contributed by atoms with E-state index in [1.165, 1.54) is 9.80 Å². The maximum absolute atomic E-state index is 12.7. The van der Waals surface area contributed by atoms with Gasteiger partial charge >= 0.3 is 0 Å². The molecule has 8 heteroatoms. The zero-order chi connectivity index (χ0) is 16.7. The van der Waals surface area contributed by atoms with Crippen LogP contribution in [0.15, 0.2) is 0 Å². The zero-order valence-corrected chi connectivity index (χ0v) is 13.1. The molecule has 3 N–H and O–H groups in total. The molecule has 22 heavy (non-hydrogen) atoms. The molecule has 0 radical (unpaired) electrons. The van der Waals surface area contributed by atoms with E-state index in [0.29, 0.717) is 19.4 Å². The Morgan fingerprint density at radius 2 is 1.95 bits per heavy atom. The molecule has 2 saturated heterocycles. The van der Waals surface area contributed by atoms with Crippen molar-refractivity contribution in [3.8, 4) is 0 Å². The summed E-state index contributed by atoms with van der Waals surface area (Å²) in [5.41, 5.74) is 4.61. The molecule has 4 amide bonds. The normalized spacial score (nSPS) is 23.4. The monoisotopic (exact) mass is 310 g/mol. The molecule has 2 aliphatic heterocycles. The Morgan fingerprint density at radius 1 is 1.32 bits per heavy atom. The van der Waals surface area contributed by atoms with Crippen LogP contribution in [0.5, 0.6) is 0 Å². The molecule has 2 unspecified atom stereocenters. The largest absolute Gasteiger partial charge is 0.368 e. The van der Waals surface area contributed by atoms with Gasteiger partial charge in [-0.25, -0.2) is 0 Å². The van der Waals surface area contributed by atoms with E-state index in [-0.39, 0.29) is 24.3 Å². The second-order valence-corrected chi connectivity index (χ2v) is 6.36. The average Bonchev–Trinajstić information content (AvgIpc) is 2.91. The van der Waals surface area contributed by atoms with Crippen LogP contribution in [-0.4, -0.2) is 58.2 Å². The highest BCUT2D eigenvalue weighted by atomic mass is 16.2. The molecule has 122 valence electrons. The highest BCUT2D eigenvalue weighted by Crippen LogP contribution is 2.25. The molecule has 0 saturated carbocycles. The average molecular weight is 310 g/mol. The van der Waals surface area contributed by atoms with Crippen LogP contribution in [0.4, 0.5) is 0 Å². The van der Waals surface area contributed by atoms with Crippen molar-refractivity contribution in [2.45, 2.75) is 45.3 Å². The lowest BCUT2D eigenvalue weighted by atomic mass is 9.97. The third-order valence-corrected chi connectivity index (χ3v) is 4.29. The minimum atomic E-state index is -0.978. The highest BCUT2D eigenvalue weighted by molar-refractivity contribution is 5.95. The van der Waals surface area contributed by atoms with Gasteiger partial charge in [-0.2, -0.15) is 0 Å². The summed E-state index contributed by atoms with van der Waals surface area (Å²) in [6, 6.07) is -0.978. The number of rotatable bonds is 4. The van der Waals surface area contributed by atoms with Gasteiger partial charge in [0.05, 0.1) is 5.92 Å². The molecule has 0 aromatic rings. The van der Waals surface area contributed by atoms with Crippen LogP contribution in [0.1, 0.15) is 33.6 Å². The Hall–Kier alpha value is -2.12. The molecule has 2 atom stereocenters. The second kappa shape index (κ2) is 5.58. The summed E-state index contributed by atoms with van der Waals surface area (Å²) in [7, 11) is 0. The van der Waals surface area contributed by atoms with Gasteiger partial charge in [0.2, 0.25) is 23.6 Å². The van der Waals surface area contributed by atoms with Crippen LogP contribution in [-0.2, 0) is 19.2 Å². The molecule has 0 aromatic heterocycles. The van der Waals surface area contributed by atoms with E-state index < -0.39 is 23.5 Å². The highest BCUT2D eigenvalue weighted by Gasteiger charge is 2.45. The van der Waals surface area contributed by atoms with Crippen molar-refractivity contribution in [1.29, 1.82) is 0 Å². The van der Waals surface area contributed by atoms with E-state index in [2.05, 4.69) is 5.32 Å². The first-order chi connectivity index (χ1) is 10.1. The number of nitrogens with two attached hydrogens (primary N) is 1. The van der Waals surface area contributed by atoms with E-state index in [1.807, 2.05) is 0 Å². The van der Waals surface area contributed by atoms with Crippen molar-refractivity contribution in [1.82, 2.24) is 15.1 Å². The Labute approximate surface area is 129 Å². The molecular weight excluding hydrogens is 288 g/mol. The summed E-state index contributed by atoms with van der Waals surface area (Å²) in [6.45, 7) is 5.36. The number of amides is 4. The van der Waals surface area contributed by atoms with Crippen LogP contribution in [0.3, 0.4) is 0 Å². The van der Waals surface area contributed by atoms with E-state index >= 15 is 0 Å². The van der Waals surface area contributed by atoms with Crippen LogP contribution < -0.4 is 11.1 Å². The molecule has 8 nitrogen and oxygen atoms in total. The molecule has 0 aliphatic carbocycles. The Bertz CT molecular complexity index is 531. The van der Waals surface area contributed by atoms with Gasteiger partial charge in [0, 0.05) is 13.0 Å². The fraction of sp³-hybridized carbons (Fsp3) is 0.714. The third-order valence-electron chi connectivity index (χ3n) is 4.29. The summed E-state index contributed by atoms with van der Waals surface area (Å²) in [6.07, 6.45) is 1.01. The first-order valence-electron chi connectivity index (χ1n) is 7.36. The van der Waals surface area contributed by atoms with Crippen molar-refractivity contribution in [3.63, 3.8) is 0 Å². The Balaban J connectivity index is 2.22. The van der Waals surface area contributed by atoms with Crippen LogP contribution >= 0.6 is 0 Å². The molecule has 0 spiro atoms. The Morgan fingerprint density at radius 3 is 2.36 bits per heavy atom. The van der Waals surface area contributed by atoms with Gasteiger partial charge in [-0.1, -0.05) is 6.92 Å². The quantitative estimate of drug-likeness (QED) is 0.678. The topological polar surface area (TPSA) is 113 Å². The summed E-state index contributed by atoms with van der Waals surface area (Å²) < 4.78 is 0. The lowest BCUT2D eigenvalue weighted by Gasteiger charge is -2.36. The number of nitrogens with zero attached hydrogens (tertiary/aromatic N) is 2. The summed E-state index contributed by atoms with van der Waals surface area (Å²) in [5.74, 6) is -2.29. The molecule has 2 fully saturated rings. The number of hydrogen-bond acceptors (Lipinski definition) is 4. The summed E-state index contributed by atoms with van der Waals surface area (Å²) >= 11 is 0. The fourth-order valence-corrected chi connectivity index (χ4v) is 3.16. The van der Waals surface area contributed by atoms with Crippen LogP contribution in [0.2, 0.25) is 0 Å². The molecule has 2 rings (SSSR count). The van der Waals surface area contributed by atoms with Gasteiger partial charge in [-0.3, -0.25) is 19.2 Å². The lowest BCUT2D eigenvalue weighted by Crippen LogP contribution is -2.57. The minimum absolute atomic E-state index is 0.0599. The van der Waals surface area contributed by atoms with Crippen molar-refractivity contribution in [3.05, 3.63) is 0 Å². The van der Waals surface area contributed by atoms with Gasteiger partial charge in [0.25, 0.3) is 0 Å². The minimum Gasteiger partial charge on any atom is -0.368 e. The standard InChI is InChI=1S/C14H22N4O4/c1-8(11(12(15)21)17-6-4-5-10(17)20)13(22)18-7-9(19)16-14(18,2)3/h8,11H,4-7H2,1-3H3,(H2,15,21)(H,16,19). The fourth-order valence-electron chi connectivity index (χ4n) is 3.16. The number of nitrogens with one attached hydrogen (secondary N) is 1. The predicted molar refractivity (Wildman–Crippen MR) is 77.0 cm³/mol. The van der Waals surface area contributed by atoms with Crippen molar-refractivity contribution in [2.75, 3.05) is 13.1 Å². The zero-order valence-electron chi connectivity index (χ0n) is 13.1. The van der Waals surface area contributed by atoms with Gasteiger partial charge in [0.15, 0.2) is 0 Å². The number of carbonyl (C=O) groups excluding carboxylic acids is 4. The number of primary amides is 1. The van der Waals surface area contributed by atoms with E-state index in [9.17, 15) is 19.2 Å². The Kier molecular flexibility index (Phi) is 4.12. The molecular formula is C14H22N4O4. The van der Waals surface area contributed by atoms with E-state index in [1.54, 1.807) is 20.8 Å². The van der Waals surface area contributed by atoms with Crippen LogP contribution in [0.25, 0.3) is 0 Å². The SMILES string of the molecule is CC(C(=O)N1CC(=O)NC1(C)C)C(C(N)=O)N1CCCC1=O. The maximum atomic E-state index is 12.7. The lowest BCUT2D eigenvalue weighted by molar-refractivity contribution is -0.147. The summed E-state index contributed by atoms with van der Waals surface area (Å²) in [4.78, 5) is 50.7. The third kappa shape index (κ3) is 2.77. The second-order valence-electron chi connectivity index (χ2n) is 6.36. The van der Waals surface area contributed by atoms with E-state index in [0.717, 1.165) is 0 Å². The van der Waals surface area contributed by atoms with Crippen molar-refractivity contribution in [2.24, 2.45) is 11.7 Å². The van der Waals surface area contributed by atoms with Gasteiger partial charge in [0.1, 0.15) is 18.2 Å². The van der Waals surface area contributed by atoms with Gasteiger partial charge in [-0.15, -0.1) is 0 Å². The maximum Gasteiger partial charge on any atom is 0.241 e. The van der Waals surface area contributed by atoms with Gasteiger partial charge < -0.3 is 20.9 Å². The van der Waals surface area contributed by atoms with Crippen molar-refractivity contribution >= 4 is 23.6 Å². The van der Waals surface area contributed by atoms with Crippen molar-refractivity contribution < 1.29 is 19.2 Å². The number of hydrogen-bond donors (Lipinski definition) is 2. The van der Waals surface area contributed by atoms with E-state index in [4.69, 9.17) is 5.73 Å². The first kappa shape index (κ1) is 16.3. The van der Waals surface area contributed by atoms with Gasteiger partial charge in [-0.05, 0) is 20.3 Å². The molecule has 0 aromatic carbocycles. The molecule has 2 aliphatic rings. The smallest absolute Gasteiger partial charge is 0.241 e. The molecule has 2 heterocycles. The van der Waals surface area contributed by atoms with Crippen LogP contribution in [0, 0.1) is 5.92 Å². The molecule has 0 bridgehead atoms. The summed E-state index contributed by atoms with van der Waals surface area (Å²) in [5, 5.41) is 2.69. The predicted octanol–water partition coefficient (Wildman–Crippen LogP) is -1.21. The number of likely N-dealkylation sites (tertiary alicyclic amines) is 1. The number of carbonyl (C=O) groups is 4. The first-order valence-corrected chi connectivity index (χ1v) is 7.36.